The Morgan fingerprint density at radius 1 is 1.13 bits per heavy atom. The van der Waals surface area contributed by atoms with Crippen LogP contribution in [0.25, 0.3) is 0 Å². The van der Waals surface area contributed by atoms with Gasteiger partial charge in [0, 0.05) is 5.56 Å². The van der Waals surface area contributed by atoms with Crippen LogP contribution in [0.4, 0.5) is 0 Å². The molecule has 0 amide bonds. The van der Waals surface area contributed by atoms with E-state index in [-0.39, 0.29) is 13.2 Å². The van der Waals surface area contributed by atoms with Crippen molar-refractivity contribution in [2.45, 2.75) is 25.9 Å². The third-order valence-electron chi connectivity index (χ3n) is 2.67. The van der Waals surface area contributed by atoms with E-state index in [4.69, 9.17) is 10.2 Å². The SMILES string of the molecule is Cc1ccc(C[NH2+]C(C)(CO)CO)cc1. The zero-order valence-corrected chi connectivity index (χ0v) is 9.40. The lowest BCUT2D eigenvalue weighted by atomic mass is 10.0. The highest BCUT2D eigenvalue weighted by atomic mass is 16.3. The number of nitrogens with two attached hydrogens (primary N) is 1. The van der Waals surface area contributed by atoms with Crippen LogP contribution < -0.4 is 5.32 Å². The van der Waals surface area contributed by atoms with Gasteiger partial charge in [-0.3, -0.25) is 0 Å². The first-order valence-corrected chi connectivity index (χ1v) is 5.21. The van der Waals surface area contributed by atoms with Gasteiger partial charge in [0.05, 0.1) is 13.2 Å². The maximum atomic E-state index is 9.12. The highest BCUT2D eigenvalue weighted by Crippen LogP contribution is 2.02. The van der Waals surface area contributed by atoms with Crippen LogP contribution in [0.2, 0.25) is 0 Å². The van der Waals surface area contributed by atoms with Crippen LogP contribution in [-0.4, -0.2) is 29.0 Å². The van der Waals surface area contributed by atoms with Crippen molar-refractivity contribution in [3.8, 4) is 0 Å². The second-order valence-electron chi connectivity index (χ2n) is 4.36. The van der Waals surface area contributed by atoms with Crippen molar-refractivity contribution in [2.75, 3.05) is 13.2 Å². The smallest absolute Gasteiger partial charge is 0.140 e. The first kappa shape index (κ1) is 12.2. The summed E-state index contributed by atoms with van der Waals surface area (Å²) in [7, 11) is 0. The molecule has 1 aromatic rings. The molecule has 0 saturated carbocycles. The van der Waals surface area contributed by atoms with Gasteiger partial charge in [-0.25, -0.2) is 0 Å². The van der Waals surface area contributed by atoms with E-state index in [1.54, 1.807) is 0 Å². The third kappa shape index (κ3) is 3.63. The molecule has 0 heterocycles. The molecule has 15 heavy (non-hydrogen) atoms. The van der Waals surface area contributed by atoms with Gasteiger partial charge in [-0.2, -0.15) is 0 Å². The molecule has 0 aliphatic rings. The van der Waals surface area contributed by atoms with Gasteiger partial charge in [0.2, 0.25) is 0 Å². The Balaban J connectivity index is 2.53. The maximum Gasteiger partial charge on any atom is 0.140 e. The summed E-state index contributed by atoms with van der Waals surface area (Å²) in [6, 6.07) is 8.28. The summed E-state index contributed by atoms with van der Waals surface area (Å²) in [6.07, 6.45) is 0. The van der Waals surface area contributed by atoms with Crippen molar-refractivity contribution >= 4 is 0 Å². The number of rotatable bonds is 5. The Hall–Kier alpha value is -0.900. The van der Waals surface area contributed by atoms with Gasteiger partial charge in [-0.1, -0.05) is 29.8 Å². The molecule has 0 spiro atoms. The van der Waals surface area contributed by atoms with Crippen LogP contribution in [0, 0.1) is 6.92 Å². The molecule has 0 saturated heterocycles. The summed E-state index contributed by atoms with van der Waals surface area (Å²) in [5.74, 6) is 0. The first-order chi connectivity index (χ1) is 7.09. The molecule has 0 radical (unpaired) electrons. The molecule has 4 N–H and O–H groups in total. The van der Waals surface area contributed by atoms with Gasteiger partial charge in [-0.05, 0) is 13.8 Å². The summed E-state index contributed by atoms with van der Waals surface area (Å²) in [5, 5.41) is 20.2. The zero-order chi connectivity index (χ0) is 11.3. The van der Waals surface area contributed by atoms with E-state index in [1.807, 2.05) is 12.2 Å². The van der Waals surface area contributed by atoms with Crippen molar-refractivity contribution in [1.82, 2.24) is 0 Å². The summed E-state index contributed by atoms with van der Waals surface area (Å²) in [4.78, 5) is 0. The second-order valence-corrected chi connectivity index (χ2v) is 4.36. The van der Waals surface area contributed by atoms with Crippen LogP contribution in [-0.2, 0) is 6.54 Å². The minimum atomic E-state index is -0.481. The minimum absolute atomic E-state index is 0.0185. The molecule has 0 aliphatic heterocycles. The molecular formula is C12H20NO2+. The molecule has 1 rings (SSSR count). The predicted octanol–water partition coefficient (Wildman–Crippen LogP) is -0.198. The average Bonchev–Trinajstić information content (AvgIpc) is 2.28. The van der Waals surface area contributed by atoms with Crippen molar-refractivity contribution in [3.63, 3.8) is 0 Å². The topological polar surface area (TPSA) is 57.1 Å². The quantitative estimate of drug-likeness (QED) is 0.630. The van der Waals surface area contributed by atoms with Gasteiger partial charge >= 0.3 is 0 Å². The molecule has 0 unspecified atom stereocenters. The molecule has 0 fully saturated rings. The standard InChI is InChI=1S/C12H19NO2/c1-10-3-5-11(6-4-10)7-13-12(2,8-14)9-15/h3-6,13-15H,7-9H2,1-2H3/p+1. The zero-order valence-electron chi connectivity index (χ0n) is 9.40. The summed E-state index contributed by atoms with van der Waals surface area (Å²) in [5.41, 5.74) is 1.96. The van der Waals surface area contributed by atoms with Gasteiger partial charge in [0.25, 0.3) is 0 Å². The van der Waals surface area contributed by atoms with Gasteiger partial charge in [0.15, 0.2) is 0 Å². The molecule has 3 heteroatoms. The molecule has 1 aromatic carbocycles. The Kier molecular flexibility index (Phi) is 4.27. The molecule has 0 bridgehead atoms. The molecule has 3 nitrogen and oxygen atoms in total. The van der Waals surface area contributed by atoms with Gasteiger partial charge < -0.3 is 15.5 Å². The van der Waals surface area contributed by atoms with E-state index in [0.29, 0.717) is 0 Å². The Morgan fingerprint density at radius 3 is 2.13 bits per heavy atom. The lowest BCUT2D eigenvalue weighted by Gasteiger charge is -2.22. The number of benzene rings is 1. The number of aliphatic hydroxyl groups excluding tert-OH is 2. The number of quaternary nitrogens is 1. The first-order valence-electron chi connectivity index (χ1n) is 5.21. The van der Waals surface area contributed by atoms with E-state index in [2.05, 4.69) is 31.2 Å². The maximum absolute atomic E-state index is 9.12. The van der Waals surface area contributed by atoms with E-state index >= 15 is 0 Å². The Bertz CT molecular complexity index is 291. The van der Waals surface area contributed by atoms with Crippen molar-refractivity contribution in [1.29, 1.82) is 0 Å². The van der Waals surface area contributed by atoms with Gasteiger partial charge in [-0.15, -0.1) is 0 Å². The fourth-order valence-corrected chi connectivity index (χ4v) is 1.27. The van der Waals surface area contributed by atoms with E-state index in [1.165, 1.54) is 11.1 Å². The van der Waals surface area contributed by atoms with Crippen LogP contribution >= 0.6 is 0 Å². The average molecular weight is 210 g/mol. The van der Waals surface area contributed by atoms with Gasteiger partial charge in [0.1, 0.15) is 12.1 Å². The minimum Gasteiger partial charge on any atom is -0.390 e. The fourth-order valence-electron chi connectivity index (χ4n) is 1.27. The van der Waals surface area contributed by atoms with E-state index < -0.39 is 5.54 Å². The molecular weight excluding hydrogens is 190 g/mol. The lowest BCUT2D eigenvalue weighted by molar-refractivity contribution is -0.741. The van der Waals surface area contributed by atoms with Crippen LogP contribution in [0.15, 0.2) is 24.3 Å². The number of hydrogen-bond acceptors (Lipinski definition) is 2. The summed E-state index contributed by atoms with van der Waals surface area (Å²) in [6.45, 7) is 4.64. The number of aliphatic hydroxyl groups is 2. The molecule has 0 aromatic heterocycles. The van der Waals surface area contributed by atoms with Crippen LogP contribution in [0.3, 0.4) is 0 Å². The fraction of sp³-hybridized carbons (Fsp3) is 0.500. The van der Waals surface area contributed by atoms with Crippen LogP contribution in [0.5, 0.6) is 0 Å². The monoisotopic (exact) mass is 210 g/mol. The lowest BCUT2D eigenvalue weighted by Crippen LogP contribution is -2.97. The molecule has 0 atom stereocenters. The largest absolute Gasteiger partial charge is 0.390 e. The highest BCUT2D eigenvalue weighted by molar-refractivity contribution is 5.20. The van der Waals surface area contributed by atoms with Crippen molar-refractivity contribution in [3.05, 3.63) is 35.4 Å². The second kappa shape index (κ2) is 5.26. The van der Waals surface area contributed by atoms with Crippen molar-refractivity contribution < 1.29 is 15.5 Å². The predicted molar refractivity (Wildman–Crippen MR) is 59.4 cm³/mol. The van der Waals surface area contributed by atoms with Crippen LogP contribution in [0.1, 0.15) is 18.1 Å². The molecule has 84 valence electrons. The van der Waals surface area contributed by atoms with Crippen molar-refractivity contribution in [2.24, 2.45) is 0 Å². The Morgan fingerprint density at radius 2 is 1.67 bits per heavy atom. The third-order valence-corrected chi connectivity index (χ3v) is 2.67. The highest BCUT2D eigenvalue weighted by Gasteiger charge is 2.25. The summed E-state index contributed by atoms with van der Waals surface area (Å²) >= 11 is 0. The molecule has 0 aliphatic carbocycles. The Labute approximate surface area is 90.8 Å². The normalized spacial score (nSPS) is 11.7. The number of aryl methyl sites for hydroxylation is 1. The van der Waals surface area contributed by atoms with E-state index in [0.717, 1.165) is 6.54 Å². The number of hydrogen-bond donors (Lipinski definition) is 3. The van der Waals surface area contributed by atoms with E-state index in [9.17, 15) is 0 Å². The summed E-state index contributed by atoms with van der Waals surface area (Å²) < 4.78 is 0.